The lowest BCUT2D eigenvalue weighted by molar-refractivity contribution is -0.138. The summed E-state index contributed by atoms with van der Waals surface area (Å²) in [5.41, 5.74) is 0.463. The van der Waals surface area contributed by atoms with E-state index in [9.17, 15) is 14.0 Å². The van der Waals surface area contributed by atoms with Gasteiger partial charge >= 0.3 is 6.03 Å². The van der Waals surface area contributed by atoms with Crippen molar-refractivity contribution >= 4 is 17.6 Å². The first kappa shape index (κ1) is 20.1. The summed E-state index contributed by atoms with van der Waals surface area (Å²) in [6.45, 7) is 4.35. The predicted molar refractivity (Wildman–Crippen MR) is 110 cm³/mol. The molecule has 0 unspecified atom stereocenters. The number of rotatable bonds is 4. The fourth-order valence-electron chi connectivity index (χ4n) is 5.03. The average molecular weight is 403 g/mol. The van der Waals surface area contributed by atoms with E-state index in [2.05, 4.69) is 10.2 Å². The van der Waals surface area contributed by atoms with Crippen LogP contribution in [0.4, 0.5) is 14.9 Å². The molecule has 0 spiro atoms. The lowest BCUT2D eigenvalue weighted by Gasteiger charge is -2.41. The molecule has 4 rings (SSSR count). The van der Waals surface area contributed by atoms with E-state index in [1.807, 2.05) is 4.90 Å². The van der Waals surface area contributed by atoms with Gasteiger partial charge in [0.15, 0.2) is 0 Å². The van der Waals surface area contributed by atoms with Crippen LogP contribution in [0.3, 0.4) is 0 Å². The van der Waals surface area contributed by atoms with Crippen LogP contribution in [-0.4, -0.2) is 71.9 Å². The molecule has 1 aliphatic carbocycles. The number of nitrogens with one attached hydrogen (secondary N) is 1. The number of carbonyl (C=O) groups is 2. The Kier molecular flexibility index (Phi) is 6.33. The van der Waals surface area contributed by atoms with Gasteiger partial charge in [-0.1, -0.05) is 18.9 Å². The van der Waals surface area contributed by atoms with Crippen LogP contribution in [0.1, 0.15) is 38.5 Å². The highest BCUT2D eigenvalue weighted by atomic mass is 19.1. The van der Waals surface area contributed by atoms with E-state index in [1.165, 1.54) is 25.0 Å². The van der Waals surface area contributed by atoms with E-state index in [-0.39, 0.29) is 17.9 Å². The molecule has 29 heavy (non-hydrogen) atoms. The first-order valence-electron chi connectivity index (χ1n) is 11.0. The van der Waals surface area contributed by atoms with Crippen molar-refractivity contribution in [1.29, 1.82) is 0 Å². The third-order valence-electron chi connectivity index (χ3n) is 6.59. The summed E-state index contributed by atoms with van der Waals surface area (Å²) >= 11 is 0. The zero-order valence-electron chi connectivity index (χ0n) is 17.0. The topological polar surface area (TPSA) is 55.9 Å². The van der Waals surface area contributed by atoms with Crippen LogP contribution in [0.15, 0.2) is 24.3 Å². The lowest BCUT2D eigenvalue weighted by atomic mass is 9.94. The minimum Gasteiger partial charge on any atom is -0.341 e. The highest BCUT2D eigenvalue weighted by Gasteiger charge is 2.39. The van der Waals surface area contributed by atoms with Gasteiger partial charge < -0.3 is 15.1 Å². The van der Waals surface area contributed by atoms with E-state index in [1.54, 1.807) is 17.0 Å². The van der Waals surface area contributed by atoms with E-state index in [0.29, 0.717) is 43.7 Å². The molecule has 158 valence electrons. The number of halogens is 1. The molecule has 1 N–H and O–H groups in total. The van der Waals surface area contributed by atoms with E-state index in [4.69, 9.17) is 0 Å². The lowest BCUT2D eigenvalue weighted by Crippen LogP contribution is -2.58. The molecule has 1 saturated carbocycles. The minimum atomic E-state index is -0.368. The second-order valence-corrected chi connectivity index (χ2v) is 8.49. The molecule has 3 amide bonds. The predicted octanol–water partition coefficient (Wildman–Crippen LogP) is 3.16. The largest absolute Gasteiger partial charge is 0.341 e. The fourth-order valence-corrected chi connectivity index (χ4v) is 5.03. The number of hydrogen-bond donors (Lipinski definition) is 1. The van der Waals surface area contributed by atoms with Crippen LogP contribution in [-0.2, 0) is 4.79 Å². The number of hydrogen-bond acceptors (Lipinski definition) is 3. The van der Waals surface area contributed by atoms with Crippen molar-refractivity contribution in [3.63, 3.8) is 0 Å². The SMILES string of the molecule is O=C(Nc1cccc(F)c1)N1CCN([C@@H](C(=O)N2CCCC2)C2CCCC2)CC1. The van der Waals surface area contributed by atoms with Crippen LogP contribution in [0.25, 0.3) is 0 Å². The van der Waals surface area contributed by atoms with Crippen LogP contribution in [0.5, 0.6) is 0 Å². The van der Waals surface area contributed by atoms with Gasteiger partial charge in [-0.15, -0.1) is 0 Å². The molecule has 1 aromatic rings. The number of carbonyl (C=O) groups excluding carboxylic acids is 2. The fraction of sp³-hybridized carbons (Fsp3) is 0.636. The van der Waals surface area contributed by atoms with Crippen LogP contribution in [0.2, 0.25) is 0 Å². The first-order valence-corrected chi connectivity index (χ1v) is 11.0. The van der Waals surface area contributed by atoms with E-state index in [0.717, 1.165) is 38.8 Å². The average Bonchev–Trinajstić information content (AvgIpc) is 3.43. The molecule has 2 heterocycles. The monoisotopic (exact) mass is 402 g/mol. The Labute approximate surface area is 172 Å². The first-order chi connectivity index (χ1) is 14.1. The number of benzene rings is 1. The molecule has 1 atom stereocenters. The molecular weight excluding hydrogens is 371 g/mol. The highest BCUT2D eigenvalue weighted by Crippen LogP contribution is 2.32. The van der Waals surface area contributed by atoms with Crippen molar-refractivity contribution < 1.29 is 14.0 Å². The number of urea groups is 1. The number of anilines is 1. The second-order valence-electron chi connectivity index (χ2n) is 8.49. The van der Waals surface area contributed by atoms with Gasteiger partial charge in [-0.25, -0.2) is 9.18 Å². The third-order valence-corrected chi connectivity index (χ3v) is 6.59. The Morgan fingerprint density at radius 2 is 1.62 bits per heavy atom. The summed E-state index contributed by atoms with van der Waals surface area (Å²) in [4.78, 5) is 31.9. The number of likely N-dealkylation sites (tertiary alicyclic amines) is 1. The normalized spacial score (nSPS) is 22.1. The van der Waals surface area contributed by atoms with Crippen molar-refractivity contribution in [2.24, 2.45) is 5.92 Å². The molecular formula is C22H31FN4O2. The van der Waals surface area contributed by atoms with Crippen molar-refractivity contribution in [2.75, 3.05) is 44.6 Å². The zero-order valence-corrected chi connectivity index (χ0v) is 17.0. The minimum absolute atomic E-state index is 0.0379. The van der Waals surface area contributed by atoms with Gasteiger partial charge in [0.2, 0.25) is 5.91 Å². The van der Waals surface area contributed by atoms with E-state index >= 15 is 0 Å². The van der Waals surface area contributed by atoms with Gasteiger partial charge in [-0.05, 0) is 49.8 Å². The maximum atomic E-state index is 13.3. The summed E-state index contributed by atoms with van der Waals surface area (Å²) < 4.78 is 13.3. The Balaban J connectivity index is 1.37. The molecule has 7 heteroatoms. The highest BCUT2D eigenvalue weighted by molar-refractivity contribution is 5.89. The number of nitrogens with zero attached hydrogens (tertiary/aromatic N) is 3. The Morgan fingerprint density at radius 3 is 2.28 bits per heavy atom. The molecule has 0 radical (unpaired) electrons. The summed E-state index contributed by atoms with van der Waals surface area (Å²) in [6.07, 6.45) is 6.90. The van der Waals surface area contributed by atoms with Gasteiger partial charge in [0.1, 0.15) is 5.82 Å². The molecule has 2 saturated heterocycles. The maximum absolute atomic E-state index is 13.3. The van der Waals surface area contributed by atoms with Crippen molar-refractivity contribution in [1.82, 2.24) is 14.7 Å². The van der Waals surface area contributed by atoms with E-state index < -0.39 is 0 Å². The van der Waals surface area contributed by atoms with Gasteiger partial charge in [0.25, 0.3) is 0 Å². The summed E-state index contributed by atoms with van der Waals surface area (Å²) in [5, 5.41) is 2.77. The van der Waals surface area contributed by atoms with Crippen molar-refractivity contribution in [2.45, 2.75) is 44.6 Å². The number of piperazine rings is 1. The smallest absolute Gasteiger partial charge is 0.321 e. The molecule has 3 aliphatic rings. The van der Waals surface area contributed by atoms with Crippen molar-refractivity contribution in [3.05, 3.63) is 30.1 Å². The summed E-state index contributed by atoms with van der Waals surface area (Å²) in [7, 11) is 0. The molecule has 0 bridgehead atoms. The third kappa shape index (κ3) is 4.71. The van der Waals surface area contributed by atoms with Gasteiger partial charge in [-0.2, -0.15) is 0 Å². The molecule has 2 aliphatic heterocycles. The summed E-state index contributed by atoms with van der Waals surface area (Å²) in [5.74, 6) is 0.371. The van der Waals surface area contributed by atoms with Gasteiger partial charge in [0.05, 0.1) is 6.04 Å². The van der Waals surface area contributed by atoms with Crippen molar-refractivity contribution in [3.8, 4) is 0 Å². The maximum Gasteiger partial charge on any atom is 0.321 e. The van der Waals surface area contributed by atoms with Gasteiger partial charge in [0, 0.05) is 45.0 Å². The molecule has 6 nitrogen and oxygen atoms in total. The van der Waals surface area contributed by atoms with Gasteiger partial charge in [-0.3, -0.25) is 9.69 Å². The van der Waals surface area contributed by atoms with Crippen LogP contribution < -0.4 is 5.32 Å². The summed E-state index contributed by atoms with van der Waals surface area (Å²) in [6, 6.07) is 5.69. The number of amides is 3. The Hall–Kier alpha value is -2.15. The Morgan fingerprint density at radius 1 is 0.931 bits per heavy atom. The zero-order chi connectivity index (χ0) is 20.2. The quantitative estimate of drug-likeness (QED) is 0.842. The molecule has 1 aromatic carbocycles. The Bertz CT molecular complexity index is 723. The molecule has 3 fully saturated rings. The molecule has 0 aromatic heterocycles. The van der Waals surface area contributed by atoms with Crippen LogP contribution in [0, 0.1) is 11.7 Å². The standard InChI is InChI=1S/C22H31FN4O2/c23-18-8-5-9-19(16-18)24-22(29)27-14-12-25(13-15-27)20(17-6-1-2-7-17)21(28)26-10-3-4-11-26/h5,8-9,16-17,20H,1-4,6-7,10-15H2,(H,24,29)/t20-/m1/s1. The second kappa shape index (κ2) is 9.11. The van der Waals surface area contributed by atoms with Crippen LogP contribution >= 0.6 is 0 Å².